The number of hydrogen-bond acceptors (Lipinski definition) is 6. The van der Waals surface area contributed by atoms with Gasteiger partial charge in [-0.05, 0) is 79.2 Å². The lowest BCUT2D eigenvalue weighted by molar-refractivity contribution is -0.131. The van der Waals surface area contributed by atoms with Gasteiger partial charge in [-0.25, -0.2) is 5.43 Å². The van der Waals surface area contributed by atoms with Crippen molar-refractivity contribution in [1.29, 1.82) is 0 Å². The van der Waals surface area contributed by atoms with Crippen LogP contribution in [-0.4, -0.2) is 22.7 Å². The van der Waals surface area contributed by atoms with E-state index in [0.29, 0.717) is 22.8 Å². The van der Waals surface area contributed by atoms with E-state index < -0.39 is 11.9 Å². The molecule has 0 aliphatic heterocycles. The van der Waals surface area contributed by atoms with Crippen LogP contribution in [0.25, 0.3) is 16.5 Å². The largest absolute Gasteiger partial charge is 0.486 e. The van der Waals surface area contributed by atoms with Crippen LogP contribution in [0.15, 0.2) is 94.4 Å². The van der Waals surface area contributed by atoms with Gasteiger partial charge < -0.3 is 18.5 Å². The molecule has 1 amide bonds. The van der Waals surface area contributed by atoms with Crippen molar-refractivity contribution in [2.75, 3.05) is 0 Å². The van der Waals surface area contributed by atoms with Gasteiger partial charge in [0.2, 0.25) is 0 Å². The number of benzene rings is 3. The predicted molar refractivity (Wildman–Crippen MR) is 149 cm³/mol. The summed E-state index contributed by atoms with van der Waals surface area (Å²) < 4.78 is 19.0. The SMILES string of the molecule is CC(=O)Oc1ccc2ccccc2c1/C=N/NC(=O)c1ccc(COc2ccc(-n3c(C)ccc3C)cc2)o1. The van der Waals surface area contributed by atoms with Gasteiger partial charge in [0.05, 0.1) is 6.21 Å². The molecule has 2 aromatic heterocycles. The molecule has 8 nitrogen and oxygen atoms in total. The summed E-state index contributed by atoms with van der Waals surface area (Å²) in [5.41, 5.74) is 6.42. The molecule has 0 atom stereocenters. The third-order valence-electron chi connectivity index (χ3n) is 6.18. The van der Waals surface area contributed by atoms with E-state index in [0.717, 1.165) is 27.8 Å². The molecule has 0 fully saturated rings. The number of nitrogens with zero attached hydrogens (tertiary/aromatic N) is 2. The maximum absolute atomic E-state index is 12.6. The van der Waals surface area contributed by atoms with Gasteiger partial charge in [-0.1, -0.05) is 30.3 Å². The Balaban J connectivity index is 1.22. The molecule has 0 spiro atoms. The molecule has 0 saturated carbocycles. The number of rotatable bonds is 8. The van der Waals surface area contributed by atoms with Gasteiger partial charge in [0.25, 0.3) is 0 Å². The highest BCUT2D eigenvalue weighted by atomic mass is 16.5. The smallest absolute Gasteiger partial charge is 0.308 e. The molecule has 5 rings (SSSR count). The zero-order valence-corrected chi connectivity index (χ0v) is 21.8. The van der Waals surface area contributed by atoms with E-state index in [-0.39, 0.29) is 12.4 Å². The molecule has 1 N–H and O–H groups in total. The summed E-state index contributed by atoms with van der Waals surface area (Å²) >= 11 is 0. The predicted octanol–water partition coefficient (Wildman–Crippen LogP) is 6.11. The fraction of sp³-hybridized carbons (Fsp3) is 0.129. The quantitative estimate of drug-likeness (QED) is 0.115. The number of hydrogen-bond donors (Lipinski definition) is 1. The molecule has 0 aliphatic carbocycles. The highest BCUT2D eigenvalue weighted by Gasteiger charge is 2.13. The van der Waals surface area contributed by atoms with Gasteiger partial charge in [-0.15, -0.1) is 0 Å². The van der Waals surface area contributed by atoms with Crippen molar-refractivity contribution in [3.8, 4) is 17.2 Å². The molecule has 8 heteroatoms. The number of nitrogens with one attached hydrogen (secondary N) is 1. The number of aromatic nitrogens is 1. The first-order valence-corrected chi connectivity index (χ1v) is 12.4. The van der Waals surface area contributed by atoms with Crippen LogP contribution in [0.3, 0.4) is 0 Å². The fourth-order valence-electron chi connectivity index (χ4n) is 4.36. The van der Waals surface area contributed by atoms with Crippen molar-refractivity contribution < 1.29 is 23.5 Å². The summed E-state index contributed by atoms with van der Waals surface area (Å²) in [5, 5.41) is 5.85. The lowest BCUT2D eigenvalue weighted by Gasteiger charge is -2.10. The molecule has 3 aromatic carbocycles. The number of hydrazone groups is 1. The molecule has 0 bridgehead atoms. The Morgan fingerprint density at radius 2 is 1.67 bits per heavy atom. The molecule has 2 heterocycles. The van der Waals surface area contributed by atoms with E-state index in [1.807, 2.05) is 54.6 Å². The second-order valence-electron chi connectivity index (χ2n) is 8.99. The summed E-state index contributed by atoms with van der Waals surface area (Å²) in [6.45, 7) is 5.63. The van der Waals surface area contributed by atoms with Crippen LogP contribution in [0.4, 0.5) is 0 Å². The Hall–Kier alpha value is -5.11. The highest BCUT2D eigenvalue weighted by molar-refractivity contribution is 6.03. The van der Waals surface area contributed by atoms with Crippen LogP contribution < -0.4 is 14.9 Å². The van der Waals surface area contributed by atoms with Crippen molar-refractivity contribution in [3.05, 3.63) is 113 Å². The summed E-state index contributed by atoms with van der Waals surface area (Å²) in [7, 11) is 0. The van der Waals surface area contributed by atoms with Crippen molar-refractivity contribution in [2.24, 2.45) is 5.10 Å². The fourth-order valence-corrected chi connectivity index (χ4v) is 4.36. The molecule has 5 aromatic rings. The van der Waals surface area contributed by atoms with Gasteiger partial charge in [-0.3, -0.25) is 9.59 Å². The summed E-state index contributed by atoms with van der Waals surface area (Å²) in [6, 6.07) is 26.4. The van der Waals surface area contributed by atoms with Crippen LogP contribution >= 0.6 is 0 Å². The molecule has 0 saturated heterocycles. The van der Waals surface area contributed by atoms with Gasteiger partial charge in [0.15, 0.2) is 5.76 Å². The second-order valence-corrected chi connectivity index (χ2v) is 8.99. The molecule has 39 heavy (non-hydrogen) atoms. The first-order chi connectivity index (χ1) is 18.9. The Morgan fingerprint density at radius 3 is 2.41 bits per heavy atom. The lowest BCUT2D eigenvalue weighted by Crippen LogP contribution is -2.17. The molecule has 0 unspecified atom stereocenters. The molecule has 0 radical (unpaired) electrons. The number of esters is 1. The summed E-state index contributed by atoms with van der Waals surface area (Å²) in [6.07, 6.45) is 1.45. The van der Waals surface area contributed by atoms with Crippen LogP contribution in [0.1, 0.15) is 40.2 Å². The normalized spacial score (nSPS) is 11.2. The van der Waals surface area contributed by atoms with E-state index in [1.54, 1.807) is 18.2 Å². The van der Waals surface area contributed by atoms with Gasteiger partial charge in [0, 0.05) is 29.6 Å². The number of fused-ring (bicyclic) bond motifs is 1. The zero-order valence-electron chi connectivity index (χ0n) is 21.8. The third kappa shape index (κ3) is 5.75. The first kappa shape index (κ1) is 25.5. The minimum absolute atomic E-state index is 0.0952. The van der Waals surface area contributed by atoms with Crippen LogP contribution in [0, 0.1) is 13.8 Å². The summed E-state index contributed by atoms with van der Waals surface area (Å²) in [5.74, 6) is 0.661. The molecule has 0 aliphatic rings. The molecule has 196 valence electrons. The van der Waals surface area contributed by atoms with Crippen molar-refractivity contribution >= 4 is 28.9 Å². The molecular weight excluding hydrogens is 494 g/mol. The van der Waals surface area contributed by atoms with E-state index in [4.69, 9.17) is 13.9 Å². The van der Waals surface area contributed by atoms with Crippen molar-refractivity contribution in [3.63, 3.8) is 0 Å². The van der Waals surface area contributed by atoms with E-state index in [9.17, 15) is 9.59 Å². The van der Waals surface area contributed by atoms with E-state index >= 15 is 0 Å². The minimum atomic E-state index is -0.520. The van der Waals surface area contributed by atoms with Gasteiger partial charge >= 0.3 is 11.9 Å². The van der Waals surface area contributed by atoms with Crippen LogP contribution in [-0.2, 0) is 11.4 Å². The molecular formula is C31H27N3O5. The Kier molecular flexibility index (Phi) is 7.27. The van der Waals surface area contributed by atoms with E-state index in [2.05, 4.69) is 41.1 Å². The second kappa shape index (κ2) is 11.1. The number of amides is 1. The number of carbonyl (C=O) groups is 2. The van der Waals surface area contributed by atoms with E-state index in [1.165, 1.54) is 13.1 Å². The van der Waals surface area contributed by atoms with Gasteiger partial charge in [0.1, 0.15) is 23.9 Å². The standard InChI is InChI=1S/C31H27N3O5/c1-20-8-9-21(2)34(20)24-11-13-25(14-12-24)37-19-26-15-17-30(39-26)31(36)33-32-18-28-27-7-5-4-6-23(27)10-16-29(28)38-22(3)35/h4-18H,19H2,1-3H3,(H,33,36)/b32-18+. The maximum atomic E-state index is 12.6. The number of ether oxygens (including phenoxy) is 2. The Bertz CT molecular complexity index is 1660. The van der Waals surface area contributed by atoms with Crippen molar-refractivity contribution in [2.45, 2.75) is 27.4 Å². The first-order valence-electron chi connectivity index (χ1n) is 12.4. The Morgan fingerprint density at radius 1 is 0.923 bits per heavy atom. The zero-order chi connectivity index (χ0) is 27.4. The third-order valence-corrected chi connectivity index (χ3v) is 6.18. The van der Waals surface area contributed by atoms with Crippen molar-refractivity contribution in [1.82, 2.24) is 9.99 Å². The lowest BCUT2D eigenvalue weighted by atomic mass is 10.0. The number of furan rings is 1. The maximum Gasteiger partial charge on any atom is 0.308 e. The topological polar surface area (TPSA) is 95.1 Å². The van der Waals surface area contributed by atoms with Crippen LogP contribution in [0.2, 0.25) is 0 Å². The van der Waals surface area contributed by atoms with Gasteiger partial charge in [-0.2, -0.15) is 5.10 Å². The minimum Gasteiger partial charge on any atom is -0.486 e. The number of aryl methyl sites for hydroxylation is 2. The average Bonchev–Trinajstić information content (AvgIpc) is 3.54. The van der Waals surface area contributed by atoms with Crippen LogP contribution in [0.5, 0.6) is 11.5 Å². The Labute approximate surface area is 225 Å². The number of carbonyl (C=O) groups excluding carboxylic acids is 2. The summed E-state index contributed by atoms with van der Waals surface area (Å²) in [4.78, 5) is 24.1. The highest BCUT2D eigenvalue weighted by Crippen LogP contribution is 2.27. The average molecular weight is 522 g/mol. The monoisotopic (exact) mass is 521 g/mol.